The van der Waals surface area contributed by atoms with E-state index in [1.54, 1.807) is 6.07 Å². The summed E-state index contributed by atoms with van der Waals surface area (Å²) in [5.74, 6) is -0.141. The van der Waals surface area contributed by atoms with E-state index < -0.39 is 0 Å². The SMILES string of the molecule is O=C(NCc1ccc(CN2CCCCC2)cc1)c1ccc2ccccc2n1. The molecule has 0 spiro atoms. The van der Waals surface area contributed by atoms with E-state index in [-0.39, 0.29) is 5.91 Å². The number of fused-ring (bicyclic) bond motifs is 1. The van der Waals surface area contributed by atoms with Crippen molar-refractivity contribution in [3.05, 3.63) is 77.5 Å². The van der Waals surface area contributed by atoms with Gasteiger partial charge in [0.2, 0.25) is 0 Å². The lowest BCUT2D eigenvalue weighted by Gasteiger charge is -2.26. The molecule has 0 radical (unpaired) electrons. The average molecular weight is 359 g/mol. The van der Waals surface area contributed by atoms with Crippen LogP contribution in [0.4, 0.5) is 0 Å². The number of nitrogens with zero attached hydrogens (tertiary/aromatic N) is 2. The van der Waals surface area contributed by atoms with Gasteiger partial charge in [-0.25, -0.2) is 4.98 Å². The van der Waals surface area contributed by atoms with Gasteiger partial charge in [0.25, 0.3) is 5.91 Å². The predicted molar refractivity (Wildman–Crippen MR) is 108 cm³/mol. The molecule has 2 heterocycles. The number of hydrogen-bond acceptors (Lipinski definition) is 3. The number of para-hydroxylation sites is 1. The summed E-state index contributed by atoms with van der Waals surface area (Å²) < 4.78 is 0. The van der Waals surface area contributed by atoms with Gasteiger partial charge in [0.15, 0.2) is 0 Å². The van der Waals surface area contributed by atoms with E-state index in [9.17, 15) is 4.79 Å². The molecule has 1 aromatic heterocycles. The van der Waals surface area contributed by atoms with Gasteiger partial charge in [-0.05, 0) is 49.2 Å². The van der Waals surface area contributed by atoms with Gasteiger partial charge in [-0.2, -0.15) is 0 Å². The summed E-state index contributed by atoms with van der Waals surface area (Å²) in [5, 5.41) is 4.01. The van der Waals surface area contributed by atoms with Gasteiger partial charge in [-0.15, -0.1) is 0 Å². The normalized spacial score (nSPS) is 15.0. The summed E-state index contributed by atoms with van der Waals surface area (Å²) in [6.07, 6.45) is 3.99. The first-order valence-electron chi connectivity index (χ1n) is 9.72. The minimum absolute atomic E-state index is 0.141. The Morgan fingerprint density at radius 2 is 1.63 bits per heavy atom. The minimum atomic E-state index is -0.141. The van der Waals surface area contributed by atoms with Crippen molar-refractivity contribution in [2.45, 2.75) is 32.4 Å². The summed E-state index contributed by atoms with van der Waals surface area (Å²) in [5.41, 5.74) is 3.73. The number of hydrogen-bond donors (Lipinski definition) is 1. The Morgan fingerprint density at radius 1 is 0.889 bits per heavy atom. The van der Waals surface area contributed by atoms with Crippen LogP contribution >= 0.6 is 0 Å². The summed E-state index contributed by atoms with van der Waals surface area (Å²) in [4.78, 5) is 19.4. The number of amides is 1. The Balaban J connectivity index is 1.34. The molecular weight excluding hydrogens is 334 g/mol. The maximum absolute atomic E-state index is 12.4. The number of nitrogens with one attached hydrogen (secondary N) is 1. The van der Waals surface area contributed by atoms with Crippen LogP contribution in [0.5, 0.6) is 0 Å². The minimum Gasteiger partial charge on any atom is -0.347 e. The van der Waals surface area contributed by atoms with E-state index in [4.69, 9.17) is 0 Å². The Labute approximate surface area is 160 Å². The highest BCUT2D eigenvalue weighted by molar-refractivity contribution is 5.94. The smallest absolute Gasteiger partial charge is 0.270 e. The van der Waals surface area contributed by atoms with Crippen LogP contribution in [0.15, 0.2) is 60.7 Å². The highest BCUT2D eigenvalue weighted by Crippen LogP contribution is 2.14. The number of piperidine rings is 1. The number of benzene rings is 2. The molecule has 1 aliphatic rings. The van der Waals surface area contributed by atoms with E-state index in [0.29, 0.717) is 12.2 Å². The van der Waals surface area contributed by atoms with E-state index >= 15 is 0 Å². The monoisotopic (exact) mass is 359 g/mol. The van der Waals surface area contributed by atoms with Crippen LogP contribution in [-0.4, -0.2) is 28.9 Å². The lowest BCUT2D eigenvalue weighted by Crippen LogP contribution is -2.29. The fourth-order valence-corrected chi connectivity index (χ4v) is 3.60. The van der Waals surface area contributed by atoms with Crippen molar-refractivity contribution >= 4 is 16.8 Å². The number of carbonyl (C=O) groups is 1. The number of pyridine rings is 1. The molecule has 4 heteroatoms. The summed E-state index contributed by atoms with van der Waals surface area (Å²) in [6, 6.07) is 20.1. The van der Waals surface area contributed by atoms with Gasteiger partial charge >= 0.3 is 0 Å². The summed E-state index contributed by atoms with van der Waals surface area (Å²) in [6.45, 7) is 3.94. The van der Waals surface area contributed by atoms with Crippen LogP contribution in [0, 0.1) is 0 Å². The lowest BCUT2D eigenvalue weighted by molar-refractivity contribution is 0.0946. The van der Waals surface area contributed by atoms with Gasteiger partial charge in [-0.1, -0.05) is 55.0 Å². The van der Waals surface area contributed by atoms with Gasteiger partial charge in [0.05, 0.1) is 5.52 Å². The van der Waals surface area contributed by atoms with Crippen molar-refractivity contribution in [1.82, 2.24) is 15.2 Å². The third-order valence-electron chi connectivity index (χ3n) is 5.16. The third-order valence-corrected chi connectivity index (χ3v) is 5.16. The fraction of sp³-hybridized carbons (Fsp3) is 0.304. The molecular formula is C23H25N3O. The van der Waals surface area contributed by atoms with Gasteiger partial charge in [0, 0.05) is 18.5 Å². The molecule has 0 unspecified atom stereocenters. The first kappa shape index (κ1) is 17.7. The molecule has 4 nitrogen and oxygen atoms in total. The van der Waals surface area contributed by atoms with E-state index in [1.165, 1.54) is 37.9 Å². The quantitative estimate of drug-likeness (QED) is 0.744. The van der Waals surface area contributed by atoms with Crippen molar-refractivity contribution in [2.24, 2.45) is 0 Å². The first-order valence-corrected chi connectivity index (χ1v) is 9.72. The van der Waals surface area contributed by atoms with Gasteiger partial charge in [-0.3, -0.25) is 9.69 Å². The second-order valence-corrected chi connectivity index (χ2v) is 7.23. The Hall–Kier alpha value is -2.72. The average Bonchev–Trinajstić information content (AvgIpc) is 2.73. The van der Waals surface area contributed by atoms with E-state index in [2.05, 4.69) is 39.5 Å². The molecule has 1 saturated heterocycles. The molecule has 1 amide bonds. The molecule has 4 rings (SSSR count). The number of carbonyl (C=O) groups excluding carboxylic acids is 1. The van der Waals surface area contributed by atoms with Crippen molar-refractivity contribution < 1.29 is 4.79 Å². The summed E-state index contributed by atoms with van der Waals surface area (Å²) >= 11 is 0. The van der Waals surface area contributed by atoms with Crippen molar-refractivity contribution in [3.8, 4) is 0 Å². The summed E-state index contributed by atoms with van der Waals surface area (Å²) in [7, 11) is 0. The van der Waals surface area contributed by atoms with Crippen LogP contribution in [0.2, 0.25) is 0 Å². The van der Waals surface area contributed by atoms with E-state index in [1.807, 2.05) is 30.3 Å². The van der Waals surface area contributed by atoms with E-state index in [0.717, 1.165) is 23.0 Å². The molecule has 0 aliphatic carbocycles. The van der Waals surface area contributed by atoms with Crippen molar-refractivity contribution in [3.63, 3.8) is 0 Å². The Bertz CT molecular complexity index is 914. The van der Waals surface area contributed by atoms with Crippen LogP contribution in [0.3, 0.4) is 0 Å². The van der Waals surface area contributed by atoms with Gasteiger partial charge in [0.1, 0.15) is 5.69 Å². The molecule has 1 fully saturated rings. The molecule has 138 valence electrons. The van der Waals surface area contributed by atoms with Crippen molar-refractivity contribution in [1.29, 1.82) is 0 Å². The predicted octanol–water partition coefficient (Wildman–Crippen LogP) is 4.15. The maximum Gasteiger partial charge on any atom is 0.270 e. The third kappa shape index (κ3) is 4.52. The van der Waals surface area contributed by atoms with Crippen molar-refractivity contribution in [2.75, 3.05) is 13.1 Å². The largest absolute Gasteiger partial charge is 0.347 e. The maximum atomic E-state index is 12.4. The fourth-order valence-electron chi connectivity index (χ4n) is 3.60. The molecule has 0 saturated carbocycles. The van der Waals surface area contributed by atoms with Crippen LogP contribution < -0.4 is 5.32 Å². The first-order chi connectivity index (χ1) is 13.3. The molecule has 3 aromatic rings. The number of likely N-dealkylation sites (tertiary alicyclic amines) is 1. The molecule has 2 aromatic carbocycles. The Morgan fingerprint density at radius 3 is 2.44 bits per heavy atom. The zero-order valence-electron chi connectivity index (χ0n) is 15.5. The topological polar surface area (TPSA) is 45.2 Å². The number of rotatable bonds is 5. The molecule has 1 aliphatic heterocycles. The zero-order valence-corrected chi connectivity index (χ0v) is 15.5. The zero-order chi connectivity index (χ0) is 18.5. The molecule has 27 heavy (non-hydrogen) atoms. The molecule has 0 atom stereocenters. The molecule has 1 N–H and O–H groups in total. The van der Waals surface area contributed by atoms with Crippen LogP contribution in [-0.2, 0) is 13.1 Å². The standard InChI is InChI=1S/C23H25N3O/c27-23(22-13-12-20-6-2-3-7-21(20)25-22)24-16-18-8-10-19(11-9-18)17-26-14-4-1-5-15-26/h2-3,6-13H,1,4-5,14-17H2,(H,24,27). The number of aromatic nitrogens is 1. The lowest BCUT2D eigenvalue weighted by atomic mass is 10.1. The van der Waals surface area contributed by atoms with Crippen LogP contribution in [0.25, 0.3) is 10.9 Å². The van der Waals surface area contributed by atoms with Crippen LogP contribution in [0.1, 0.15) is 40.9 Å². The second-order valence-electron chi connectivity index (χ2n) is 7.23. The highest BCUT2D eigenvalue weighted by atomic mass is 16.1. The van der Waals surface area contributed by atoms with Gasteiger partial charge < -0.3 is 5.32 Å². The molecule has 0 bridgehead atoms. The highest BCUT2D eigenvalue weighted by Gasteiger charge is 2.11. The Kier molecular flexibility index (Phi) is 5.45. The second kappa shape index (κ2) is 8.31.